The van der Waals surface area contributed by atoms with Gasteiger partial charge in [-0.15, -0.1) is 0 Å². The molecule has 1 heterocycles. The third-order valence-electron chi connectivity index (χ3n) is 7.67. The summed E-state index contributed by atoms with van der Waals surface area (Å²) >= 11 is 0. The smallest absolute Gasteiger partial charge is 0.261 e. The molecule has 4 rings (SSSR count). The van der Waals surface area contributed by atoms with Crippen LogP contribution in [0.3, 0.4) is 0 Å². The van der Waals surface area contributed by atoms with Gasteiger partial charge in [0.1, 0.15) is 11.9 Å². The number of fused-ring (bicyclic) bond motifs is 1. The molecule has 3 aromatic carbocycles. The predicted octanol–water partition coefficient (Wildman–Crippen LogP) is 3.57. The van der Waals surface area contributed by atoms with E-state index in [1.165, 1.54) is 23.5 Å². The number of anilines is 1. The van der Waals surface area contributed by atoms with E-state index in [1.807, 2.05) is 20.8 Å². The van der Waals surface area contributed by atoms with E-state index in [4.69, 9.17) is 4.74 Å². The third-order valence-corrected chi connectivity index (χ3v) is 10.9. The van der Waals surface area contributed by atoms with Crippen molar-refractivity contribution in [1.29, 1.82) is 0 Å². The average molecular weight is 630 g/mol. The number of benzene rings is 3. The van der Waals surface area contributed by atoms with Gasteiger partial charge in [-0.25, -0.2) is 16.8 Å². The molecule has 3 atom stereocenters. The summed E-state index contributed by atoms with van der Waals surface area (Å²) in [6.45, 7) is 7.32. The number of likely N-dealkylation sites (N-methyl/N-ethyl adjacent to an activating group) is 1. The van der Waals surface area contributed by atoms with Crippen LogP contribution in [0.25, 0.3) is 0 Å². The molecule has 0 unspecified atom stereocenters. The summed E-state index contributed by atoms with van der Waals surface area (Å²) in [7, 11) is -6.24. The van der Waals surface area contributed by atoms with Crippen molar-refractivity contribution in [2.75, 3.05) is 31.5 Å². The lowest BCUT2D eigenvalue weighted by atomic mass is 10.0. The lowest BCUT2D eigenvalue weighted by molar-refractivity contribution is -0.134. The van der Waals surface area contributed by atoms with Gasteiger partial charge in [0.15, 0.2) is 0 Å². The number of nitrogens with one attached hydrogen (secondary N) is 1. The first-order valence-corrected chi connectivity index (χ1v) is 17.0. The SMILES string of the molecule is Cc1ccc(S(=O)(=O)Nc2ccc3c(c2)CC(=O)N([C@@H](C)CO)C[C@H](C)[C@H](CN(C)S(=O)(=O)c2ccc(C)cc2)O3)cc1. The molecule has 10 nitrogen and oxygen atoms in total. The van der Waals surface area contributed by atoms with E-state index < -0.39 is 32.2 Å². The minimum atomic E-state index is -3.90. The Morgan fingerprint density at radius 1 is 0.977 bits per heavy atom. The van der Waals surface area contributed by atoms with E-state index in [0.717, 1.165) is 11.1 Å². The van der Waals surface area contributed by atoms with E-state index in [9.17, 15) is 26.7 Å². The number of sulfonamides is 2. The molecule has 3 aromatic rings. The maximum Gasteiger partial charge on any atom is 0.261 e. The number of hydrogen-bond donors (Lipinski definition) is 2. The van der Waals surface area contributed by atoms with E-state index >= 15 is 0 Å². The summed E-state index contributed by atoms with van der Waals surface area (Å²) in [5.41, 5.74) is 2.55. The van der Waals surface area contributed by atoms with Crippen molar-refractivity contribution in [3.8, 4) is 5.75 Å². The van der Waals surface area contributed by atoms with Crippen molar-refractivity contribution in [3.63, 3.8) is 0 Å². The van der Waals surface area contributed by atoms with E-state index in [1.54, 1.807) is 66.4 Å². The van der Waals surface area contributed by atoms with Crippen LogP contribution in [0.1, 0.15) is 30.5 Å². The summed E-state index contributed by atoms with van der Waals surface area (Å²) in [6, 6.07) is 17.3. The number of ether oxygens (including phenoxy) is 1. The summed E-state index contributed by atoms with van der Waals surface area (Å²) in [4.78, 5) is 15.3. The van der Waals surface area contributed by atoms with Gasteiger partial charge in [-0.3, -0.25) is 9.52 Å². The highest BCUT2D eigenvalue weighted by Crippen LogP contribution is 2.30. The standard InChI is InChI=1S/C31H39N3O7S2/c1-21-6-11-27(12-7-21)42(37,38)32-26-10-15-29-25(16-26)17-31(36)34(24(4)20-35)18-23(3)30(41-29)19-33(5)43(39,40)28-13-8-22(2)9-14-28/h6-16,23-24,30,32,35H,17-20H2,1-5H3/t23-,24-,30-/m0/s1. The highest BCUT2D eigenvalue weighted by Gasteiger charge is 2.33. The Bertz CT molecular complexity index is 1660. The number of carbonyl (C=O) groups is 1. The fourth-order valence-electron chi connectivity index (χ4n) is 4.88. The Morgan fingerprint density at radius 2 is 1.56 bits per heavy atom. The third kappa shape index (κ3) is 7.56. The number of aliphatic hydroxyl groups excluding tert-OH is 1. The van der Waals surface area contributed by atoms with Gasteiger partial charge >= 0.3 is 0 Å². The molecule has 1 aliphatic rings. The Hall–Kier alpha value is -3.45. The van der Waals surface area contributed by atoms with Crippen LogP contribution >= 0.6 is 0 Å². The van der Waals surface area contributed by atoms with Gasteiger partial charge in [-0.2, -0.15) is 4.31 Å². The molecule has 0 radical (unpaired) electrons. The highest BCUT2D eigenvalue weighted by molar-refractivity contribution is 7.92. The van der Waals surface area contributed by atoms with Crippen LogP contribution in [0, 0.1) is 19.8 Å². The summed E-state index contributed by atoms with van der Waals surface area (Å²) in [5, 5.41) is 9.89. The molecule has 1 aliphatic heterocycles. The van der Waals surface area contributed by atoms with Crippen LogP contribution < -0.4 is 9.46 Å². The van der Waals surface area contributed by atoms with Crippen LogP contribution in [0.5, 0.6) is 5.75 Å². The molecular formula is C31H39N3O7S2. The van der Waals surface area contributed by atoms with Gasteiger partial charge in [-0.05, 0) is 63.2 Å². The zero-order chi connectivity index (χ0) is 31.5. The van der Waals surface area contributed by atoms with Gasteiger partial charge in [0.05, 0.1) is 35.4 Å². The Labute approximate surface area is 254 Å². The number of carbonyl (C=O) groups excluding carboxylic acids is 1. The number of aryl methyl sites for hydroxylation is 2. The molecule has 0 aliphatic carbocycles. The molecule has 0 spiro atoms. The fraction of sp³-hybridized carbons (Fsp3) is 0.387. The normalized spacial score (nSPS) is 18.7. The number of nitrogens with zero attached hydrogens (tertiary/aromatic N) is 2. The summed E-state index contributed by atoms with van der Waals surface area (Å²) < 4.78 is 63.1. The Balaban J connectivity index is 1.68. The lowest BCUT2D eigenvalue weighted by Gasteiger charge is -2.33. The Kier molecular flexibility index (Phi) is 9.85. The Morgan fingerprint density at radius 3 is 2.14 bits per heavy atom. The van der Waals surface area contributed by atoms with Crippen molar-refractivity contribution in [2.24, 2.45) is 5.92 Å². The number of hydrogen-bond acceptors (Lipinski definition) is 7. The topological polar surface area (TPSA) is 133 Å². The fourth-order valence-corrected chi connectivity index (χ4v) is 7.12. The summed E-state index contributed by atoms with van der Waals surface area (Å²) in [6.07, 6.45) is -0.769. The van der Waals surface area contributed by atoms with Gasteiger partial charge in [-0.1, -0.05) is 42.3 Å². The molecule has 232 valence electrons. The number of amides is 1. The maximum absolute atomic E-state index is 13.5. The van der Waals surface area contributed by atoms with Gasteiger partial charge in [0.2, 0.25) is 15.9 Å². The average Bonchev–Trinajstić information content (AvgIpc) is 3.00. The second-order valence-corrected chi connectivity index (χ2v) is 15.0. The van der Waals surface area contributed by atoms with Crippen LogP contribution in [0.15, 0.2) is 76.5 Å². The molecule has 0 fully saturated rings. The van der Waals surface area contributed by atoms with Gasteiger partial charge < -0.3 is 14.7 Å². The largest absolute Gasteiger partial charge is 0.488 e. The zero-order valence-corrected chi connectivity index (χ0v) is 26.7. The van der Waals surface area contributed by atoms with Crippen molar-refractivity contribution < 1.29 is 31.5 Å². The molecule has 1 amide bonds. The molecule has 0 saturated carbocycles. The van der Waals surface area contributed by atoms with Crippen molar-refractivity contribution in [2.45, 2.75) is 56.1 Å². The van der Waals surface area contributed by atoms with E-state index in [-0.39, 0.29) is 53.4 Å². The number of rotatable bonds is 9. The molecule has 0 saturated heterocycles. The van der Waals surface area contributed by atoms with Gasteiger partial charge in [0, 0.05) is 30.8 Å². The second-order valence-electron chi connectivity index (χ2n) is 11.2. The van der Waals surface area contributed by atoms with E-state index in [0.29, 0.717) is 11.3 Å². The van der Waals surface area contributed by atoms with Crippen LogP contribution in [-0.2, 0) is 31.3 Å². The lowest BCUT2D eigenvalue weighted by Crippen LogP contribution is -2.48. The van der Waals surface area contributed by atoms with E-state index in [2.05, 4.69) is 4.72 Å². The van der Waals surface area contributed by atoms with Crippen molar-refractivity contribution in [1.82, 2.24) is 9.21 Å². The monoisotopic (exact) mass is 629 g/mol. The van der Waals surface area contributed by atoms with Gasteiger partial charge in [0.25, 0.3) is 10.0 Å². The maximum atomic E-state index is 13.5. The first kappa shape index (κ1) is 32.5. The van der Waals surface area contributed by atoms with Crippen molar-refractivity contribution >= 4 is 31.6 Å². The molecule has 43 heavy (non-hydrogen) atoms. The molecule has 0 aromatic heterocycles. The van der Waals surface area contributed by atoms with Crippen LogP contribution in [0.4, 0.5) is 5.69 Å². The predicted molar refractivity (Wildman–Crippen MR) is 165 cm³/mol. The quantitative estimate of drug-likeness (QED) is 0.370. The highest BCUT2D eigenvalue weighted by atomic mass is 32.2. The zero-order valence-electron chi connectivity index (χ0n) is 25.0. The minimum Gasteiger partial charge on any atom is -0.488 e. The first-order valence-electron chi connectivity index (χ1n) is 14.0. The van der Waals surface area contributed by atoms with Crippen LogP contribution in [-0.4, -0.2) is 75.9 Å². The first-order chi connectivity index (χ1) is 20.2. The molecule has 0 bridgehead atoms. The molecule has 2 N–H and O–H groups in total. The minimum absolute atomic E-state index is 0.00580. The van der Waals surface area contributed by atoms with Crippen molar-refractivity contribution in [3.05, 3.63) is 83.4 Å². The summed E-state index contributed by atoms with van der Waals surface area (Å²) in [5.74, 6) is -0.236. The van der Waals surface area contributed by atoms with Crippen LogP contribution in [0.2, 0.25) is 0 Å². The molecular weight excluding hydrogens is 590 g/mol. The second kappa shape index (κ2) is 13.0. The molecule has 12 heteroatoms. The number of aliphatic hydroxyl groups is 1.